The zero-order valence-electron chi connectivity index (χ0n) is 14.9. The van der Waals surface area contributed by atoms with E-state index in [4.69, 9.17) is 4.74 Å². The summed E-state index contributed by atoms with van der Waals surface area (Å²) in [5, 5.41) is 2.77. The number of hydrogen-bond donors (Lipinski definition) is 1. The minimum atomic E-state index is -3.32. The van der Waals surface area contributed by atoms with Crippen LogP contribution in [0.3, 0.4) is 0 Å². The van der Waals surface area contributed by atoms with Gasteiger partial charge < -0.3 is 10.1 Å². The van der Waals surface area contributed by atoms with Gasteiger partial charge in [-0.25, -0.2) is 12.7 Å². The largest absolute Gasteiger partial charge is 0.497 e. The van der Waals surface area contributed by atoms with Crippen molar-refractivity contribution in [3.05, 3.63) is 29.8 Å². The van der Waals surface area contributed by atoms with Gasteiger partial charge in [-0.1, -0.05) is 26.0 Å². The Morgan fingerprint density at radius 2 is 2.00 bits per heavy atom. The fourth-order valence-electron chi connectivity index (χ4n) is 2.29. The van der Waals surface area contributed by atoms with Crippen molar-refractivity contribution in [1.82, 2.24) is 9.62 Å². The molecule has 0 unspecified atom stereocenters. The minimum absolute atomic E-state index is 0.0498. The third-order valence-corrected chi connectivity index (χ3v) is 4.83. The van der Waals surface area contributed by atoms with Crippen LogP contribution in [0.4, 0.5) is 0 Å². The van der Waals surface area contributed by atoms with Gasteiger partial charge in [0.2, 0.25) is 15.9 Å². The zero-order chi connectivity index (χ0) is 18.2. The van der Waals surface area contributed by atoms with Gasteiger partial charge in [-0.3, -0.25) is 4.79 Å². The monoisotopic (exact) mass is 356 g/mol. The number of benzene rings is 1. The van der Waals surface area contributed by atoms with Gasteiger partial charge in [-0.05, 0) is 30.0 Å². The molecule has 6 nitrogen and oxygen atoms in total. The lowest BCUT2D eigenvalue weighted by atomic mass is 10.1. The van der Waals surface area contributed by atoms with E-state index in [9.17, 15) is 13.2 Å². The predicted octanol–water partition coefficient (Wildman–Crippen LogP) is 1.66. The van der Waals surface area contributed by atoms with Crippen LogP contribution in [0.15, 0.2) is 24.3 Å². The summed E-state index contributed by atoms with van der Waals surface area (Å²) in [6.07, 6.45) is 2.22. The molecule has 1 amide bonds. The van der Waals surface area contributed by atoms with Gasteiger partial charge in [0, 0.05) is 26.1 Å². The Morgan fingerprint density at radius 3 is 2.58 bits per heavy atom. The van der Waals surface area contributed by atoms with Crippen LogP contribution in [0, 0.1) is 5.92 Å². The molecule has 0 aliphatic heterocycles. The highest BCUT2D eigenvalue weighted by Gasteiger charge is 2.16. The number of methoxy groups -OCH3 is 1. The lowest BCUT2D eigenvalue weighted by molar-refractivity contribution is -0.121. The van der Waals surface area contributed by atoms with E-state index in [0.717, 1.165) is 11.3 Å². The highest BCUT2D eigenvalue weighted by molar-refractivity contribution is 7.88. The average molecular weight is 356 g/mol. The van der Waals surface area contributed by atoms with Crippen molar-refractivity contribution in [1.29, 1.82) is 0 Å². The van der Waals surface area contributed by atoms with Crippen LogP contribution in [-0.4, -0.2) is 51.6 Å². The number of rotatable bonds is 10. The summed E-state index contributed by atoms with van der Waals surface area (Å²) >= 11 is 0. The maximum Gasteiger partial charge on any atom is 0.220 e. The van der Waals surface area contributed by atoms with Crippen molar-refractivity contribution < 1.29 is 17.9 Å². The van der Waals surface area contributed by atoms with Crippen LogP contribution >= 0.6 is 0 Å². The first-order valence-electron chi connectivity index (χ1n) is 8.07. The molecule has 136 valence electrons. The quantitative estimate of drug-likeness (QED) is 0.692. The van der Waals surface area contributed by atoms with Crippen LogP contribution in [-0.2, 0) is 21.2 Å². The molecular formula is C17H28N2O4S. The molecule has 1 aromatic rings. The summed E-state index contributed by atoms with van der Waals surface area (Å²) in [4.78, 5) is 11.6. The maximum absolute atomic E-state index is 11.9. The van der Waals surface area contributed by atoms with Crippen molar-refractivity contribution in [2.24, 2.45) is 5.92 Å². The van der Waals surface area contributed by atoms with Gasteiger partial charge in [0.15, 0.2) is 0 Å². The molecular weight excluding hydrogens is 328 g/mol. The van der Waals surface area contributed by atoms with Crippen LogP contribution in [0.1, 0.15) is 25.8 Å². The van der Waals surface area contributed by atoms with E-state index in [1.807, 2.05) is 38.1 Å². The van der Waals surface area contributed by atoms with Crippen molar-refractivity contribution in [3.63, 3.8) is 0 Å². The molecule has 0 heterocycles. The number of ether oxygens (including phenoxy) is 1. The molecule has 1 rings (SSSR count). The van der Waals surface area contributed by atoms with E-state index in [-0.39, 0.29) is 18.4 Å². The van der Waals surface area contributed by atoms with Gasteiger partial charge in [-0.15, -0.1) is 0 Å². The normalized spacial score (nSPS) is 11.8. The lowest BCUT2D eigenvalue weighted by Gasteiger charge is -2.20. The van der Waals surface area contributed by atoms with E-state index in [1.165, 1.54) is 10.6 Å². The highest BCUT2D eigenvalue weighted by atomic mass is 32.2. The van der Waals surface area contributed by atoms with Crippen LogP contribution in [0.2, 0.25) is 0 Å². The van der Waals surface area contributed by atoms with Crippen molar-refractivity contribution in [2.45, 2.75) is 26.7 Å². The van der Waals surface area contributed by atoms with E-state index in [0.29, 0.717) is 25.9 Å². The molecule has 0 saturated carbocycles. The molecule has 0 aliphatic carbocycles. The SMILES string of the molecule is COc1cccc(CCN(CCNC(=O)CC(C)C)S(C)(=O)=O)c1. The molecule has 0 aliphatic rings. The number of nitrogens with one attached hydrogen (secondary N) is 1. The summed E-state index contributed by atoms with van der Waals surface area (Å²) in [5.74, 6) is 0.981. The molecule has 0 saturated heterocycles. The van der Waals surface area contributed by atoms with Crippen LogP contribution in [0.5, 0.6) is 5.75 Å². The van der Waals surface area contributed by atoms with Crippen molar-refractivity contribution in [2.75, 3.05) is 33.0 Å². The third kappa shape index (κ3) is 7.79. The van der Waals surface area contributed by atoms with E-state index in [1.54, 1.807) is 7.11 Å². The number of amides is 1. The first-order valence-corrected chi connectivity index (χ1v) is 9.92. The maximum atomic E-state index is 11.9. The molecule has 24 heavy (non-hydrogen) atoms. The Hall–Kier alpha value is -1.60. The topological polar surface area (TPSA) is 75.7 Å². The van der Waals surface area contributed by atoms with Gasteiger partial charge in [-0.2, -0.15) is 0 Å². The fraction of sp³-hybridized carbons (Fsp3) is 0.588. The number of hydrogen-bond acceptors (Lipinski definition) is 4. The second-order valence-electron chi connectivity index (χ2n) is 6.21. The molecule has 0 radical (unpaired) electrons. The zero-order valence-corrected chi connectivity index (χ0v) is 15.7. The van der Waals surface area contributed by atoms with Gasteiger partial charge in [0.25, 0.3) is 0 Å². The second kappa shape index (κ2) is 9.64. The summed E-state index contributed by atoms with van der Waals surface area (Å²) in [6, 6.07) is 7.56. The standard InChI is InChI=1S/C17H28N2O4S/c1-14(2)12-17(20)18-9-11-19(24(4,21)22)10-8-15-6-5-7-16(13-15)23-3/h5-7,13-14H,8-12H2,1-4H3,(H,18,20). The summed E-state index contributed by atoms with van der Waals surface area (Å²) in [5.41, 5.74) is 1.01. The Bertz CT molecular complexity index is 629. The molecule has 0 fully saturated rings. The molecule has 0 spiro atoms. The van der Waals surface area contributed by atoms with Crippen LogP contribution in [0.25, 0.3) is 0 Å². The Kier molecular flexibility index (Phi) is 8.21. The molecule has 0 aromatic heterocycles. The Morgan fingerprint density at radius 1 is 1.29 bits per heavy atom. The number of sulfonamides is 1. The van der Waals surface area contributed by atoms with E-state index < -0.39 is 10.0 Å². The summed E-state index contributed by atoms with van der Waals surface area (Å²) < 4.78 is 30.4. The minimum Gasteiger partial charge on any atom is -0.497 e. The number of nitrogens with zero attached hydrogens (tertiary/aromatic N) is 1. The molecule has 1 N–H and O–H groups in total. The average Bonchev–Trinajstić information content (AvgIpc) is 2.48. The Labute approximate surface area is 145 Å². The summed E-state index contributed by atoms with van der Waals surface area (Å²) in [7, 11) is -1.72. The Balaban J connectivity index is 2.55. The lowest BCUT2D eigenvalue weighted by Crippen LogP contribution is -2.39. The van der Waals surface area contributed by atoms with E-state index >= 15 is 0 Å². The highest BCUT2D eigenvalue weighted by Crippen LogP contribution is 2.13. The van der Waals surface area contributed by atoms with Gasteiger partial charge in [0.05, 0.1) is 13.4 Å². The molecule has 7 heteroatoms. The van der Waals surface area contributed by atoms with Gasteiger partial charge >= 0.3 is 0 Å². The predicted molar refractivity (Wildman–Crippen MR) is 95.6 cm³/mol. The first kappa shape index (κ1) is 20.4. The van der Waals surface area contributed by atoms with Crippen LogP contribution < -0.4 is 10.1 Å². The number of carbonyl (C=O) groups is 1. The fourth-order valence-corrected chi connectivity index (χ4v) is 3.13. The first-order chi connectivity index (χ1) is 11.2. The molecule has 0 bridgehead atoms. The number of carbonyl (C=O) groups excluding carboxylic acids is 1. The van der Waals surface area contributed by atoms with Crippen molar-refractivity contribution >= 4 is 15.9 Å². The molecule has 1 aromatic carbocycles. The third-order valence-electron chi connectivity index (χ3n) is 3.53. The smallest absolute Gasteiger partial charge is 0.220 e. The van der Waals surface area contributed by atoms with Crippen molar-refractivity contribution in [3.8, 4) is 5.75 Å². The van der Waals surface area contributed by atoms with Gasteiger partial charge in [0.1, 0.15) is 5.75 Å². The van der Waals surface area contributed by atoms with E-state index in [2.05, 4.69) is 5.32 Å². The molecule has 0 atom stereocenters. The second-order valence-corrected chi connectivity index (χ2v) is 8.19. The summed E-state index contributed by atoms with van der Waals surface area (Å²) in [6.45, 7) is 4.89.